The van der Waals surface area contributed by atoms with E-state index in [0.717, 1.165) is 18.4 Å². The molecule has 6 nitrogen and oxygen atoms in total. The van der Waals surface area contributed by atoms with E-state index < -0.39 is 11.6 Å². The van der Waals surface area contributed by atoms with Gasteiger partial charge in [-0.25, -0.2) is 4.79 Å². The van der Waals surface area contributed by atoms with Gasteiger partial charge in [0.05, 0.1) is 0 Å². The van der Waals surface area contributed by atoms with Crippen molar-refractivity contribution in [3.8, 4) is 17.2 Å². The minimum absolute atomic E-state index is 0.0112. The van der Waals surface area contributed by atoms with Gasteiger partial charge >= 0.3 is 11.6 Å². The summed E-state index contributed by atoms with van der Waals surface area (Å²) >= 11 is 0. The molecule has 2 aromatic rings. The van der Waals surface area contributed by atoms with Gasteiger partial charge in [0, 0.05) is 6.92 Å². The highest BCUT2D eigenvalue weighted by Gasteiger charge is 2.21. The fourth-order valence-electron chi connectivity index (χ4n) is 2.51. The monoisotopic (exact) mass is 372 g/mol. The second-order valence-electron chi connectivity index (χ2n) is 6.47. The third kappa shape index (κ3) is 5.48. The number of phenols is 1. The molecule has 27 heavy (non-hydrogen) atoms. The van der Waals surface area contributed by atoms with Gasteiger partial charge in [0.1, 0.15) is 23.3 Å². The number of aromatic hydroxyl groups is 1. The van der Waals surface area contributed by atoms with Crippen molar-refractivity contribution in [3.05, 3.63) is 51.9 Å². The van der Waals surface area contributed by atoms with E-state index in [1.54, 1.807) is 6.07 Å². The van der Waals surface area contributed by atoms with Crippen LogP contribution in [0, 0.1) is 0 Å². The van der Waals surface area contributed by atoms with Crippen molar-refractivity contribution < 1.29 is 23.8 Å². The molecule has 0 unspecified atom stereocenters. The average Bonchev–Trinajstić information content (AvgIpc) is 2.57. The van der Waals surface area contributed by atoms with Gasteiger partial charge in [-0.15, -0.1) is 0 Å². The topological polar surface area (TPSA) is 86.0 Å². The summed E-state index contributed by atoms with van der Waals surface area (Å²) in [6, 6.07) is 4.51. The first kappa shape index (κ1) is 20.3. The standard InChI is InChI=1S/C21H24O6/c1-13(2)7-5-8-14(3)11-12-25-19-18-16(23)9-6-10-17(18)27-21(24)20(19)26-15(4)22/h6-7,9-11,23H,5,8,12H2,1-4H3/b14-11+. The van der Waals surface area contributed by atoms with Crippen LogP contribution in [0.15, 0.2) is 50.7 Å². The number of allylic oxidation sites excluding steroid dienone is 3. The Hall–Kier alpha value is -3.02. The molecule has 1 aromatic carbocycles. The lowest BCUT2D eigenvalue weighted by molar-refractivity contribution is -0.132. The number of carbonyl (C=O) groups is 1. The summed E-state index contributed by atoms with van der Waals surface area (Å²) in [6.45, 7) is 7.42. The predicted octanol–water partition coefficient (Wildman–Crippen LogP) is 4.50. The second kappa shape index (κ2) is 9.07. The maximum Gasteiger partial charge on any atom is 0.383 e. The van der Waals surface area contributed by atoms with Gasteiger partial charge in [-0.1, -0.05) is 23.3 Å². The van der Waals surface area contributed by atoms with Crippen LogP contribution in [0.25, 0.3) is 11.0 Å². The number of carbonyl (C=O) groups excluding carboxylic acids is 1. The Morgan fingerprint density at radius 2 is 1.89 bits per heavy atom. The highest BCUT2D eigenvalue weighted by Crippen LogP contribution is 2.38. The molecule has 0 aliphatic rings. The molecule has 0 radical (unpaired) electrons. The van der Waals surface area contributed by atoms with Crippen molar-refractivity contribution in [3.63, 3.8) is 0 Å². The molecular weight excluding hydrogens is 348 g/mol. The summed E-state index contributed by atoms with van der Waals surface area (Å²) < 4.78 is 15.8. The quantitative estimate of drug-likeness (QED) is 0.438. The van der Waals surface area contributed by atoms with E-state index in [1.807, 2.05) is 13.0 Å². The third-order valence-electron chi connectivity index (χ3n) is 3.82. The number of hydrogen-bond donors (Lipinski definition) is 1. The summed E-state index contributed by atoms with van der Waals surface area (Å²) in [4.78, 5) is 23.5. The van der Waals surface area contributed by atoms with E-state index in [-0.39, 0.29) is 34.8 Å². The zero-order chi connectivity index (χ0) is 20.0. The molecule has 0 aliphatic carbocycles. The molecule has 1 aromatic heterocycles. The summed E-state index contributed by atoms with van der Waals surface area (Å²) in [5.41, 5.74) is 1.69. The van der Waals surface area contributed by atoms with Crippen LogP contribution < -0.4 is 15.1 Å². The number of hydrogen-bond acceptors (Lipinski definition) is 6. The SMILES string of the molecule is CC(=O)Oc1c(OC/C=C(\C)CCC=C(C)C)c2c(O)cccc2oc1=O. The Labute approximate surface area is 157 Å². The molecule has 0 spiro atoms. The summed E-state index contributed by atoms with van der Waals surface area (Å²) in [5.74, 6) is -1.20. The number of esters is 1. The average molecular weight is 372 g/mol. The minimum Gasteiger partial charge on any atom is -0.507 e. The van der Waals surface area contributed by atoms with Crippen molar-refractivity contribution in [2.75, 3.05) is 6.61 Å². The molecule has 0 saturated carbocycles. The first-order valence-corrected chi connectivity index (χ1v) is 8.68. The Balaban J connectivity index is 2.33. The van der Waals surface area contributed by atoms with Crippen molar-refractivity contribution >= 4 is 16.9 Å². The van der Waals surface area contributed by atoms with Gasteiger partial charge in [0.25, 0.3) is 5.75 Å². The van der Waals surface area contributed by atoms with E-state index in [9.17, 15) is 14.7 Å². The van der Waals surface area contributed by atoms with Crippen molar-refractivity contribution in [1.29, 1.82) is 0 Å². The highest BCUT2D eigenvalue weighted by molar-refractivity contribution is 5.91. The molecule has 1 N–H and O–H groups in total. The third-order valence-corrected chi connectivity index (χ3v) is 3.82. The number of phenolic OH excluding ortho intramolecular Hbond substituents is 1. The van der Waals surface area contributed by atoms with E-state index in [4.69, 9.17) is 13.9 Å². The Bertz CT molecular complexity index is 945. The van der Waals surface area contributed by atoms with E-state index in [1.165, 1.54) is 24.6 Å². The fraction of sp³-hybridized carbons (Fsp3) is 0.333. The van der Waals surface area contributed by atoms with Gasteiger partial charge in [-0.3, -0.25) is 4.79 Å². The summed E-state index contributed by atoms with van der Waals surface area (Å²) in [5, 5.41) is 10.4. The Morgan fingerprint density at radius 3 is 2.56 bits per heavy atom. The molecular formula is C21H24O6. The van der Waals surface area contributed by atoms with Gasteiger partial charge in [-0.2, -0.15) is 0 Å². The molecule has 0 saturated heterocycles. The van der Waals surface area contributed by atoms with Gasteiger partial charge in [-0.05, 0) is 51.8 Å². The number of fused-ring (bicyclic) bond motifs is 1. The lowest BCUT2D eigenvalue weighted by Crippen LogP contribution is -2.13. The minimum atomic E-state index is -0.845. The smallest absolute Gasteiger partial charge is 0.383 e. The first-order chi connectivity index (χ1) is 12.8. The van der Waals surface area contributed by atoms with Gasteiger partial charge in [0.15, 0.2) is 5.75 Å². The molecule has 144 valence electrons. The molecule has 0 amide bonds. The molecule has 0 aliphatic heterocycles. The maximum atomic E-state index is 12.2. The molecule has 0 bridgehead atoms. The van der Waals surface area contributed by atoms with Crippen molar-refractivity contribution in [1.82, 2.24) is 0 Å². The Kier molecular flexibility index (Phi) is 6.82. The molecule has 1 heterocycles. The lowest BCUT2D eigenvalue weighted by atomic mass is 10.1. The first-order valence-electron chi connectivity index (χ1n) is 8.68. The maximum absolute atomic E-state index is 12.2. The number of rotatable bonds is 7. The molecule has 0 atom stereocenters. The van der Waals surface area contributed by atoms with E-state index >= 15 is 0 Å². The van der Waals surface area contributed by atoms with Crippen LogP contribution in [0.3, 0.4) is 0 Å². The van der Waals surface area contributed by atoms with Crippen LogP contribution in [0.5, 0.6) is 17.2 Å². The van der Waals surface area contributed by atoms with Crippen molar-refractivity contribution in [2.24, 2.45) is 0 Å². The molecule has 0 fully saturated rings. The van der Waals surface area contributed by atoms with Gasteiger partial charge < -0.3 is 19.0 Å². The van der Waals surface area contributed by atoms with E-state index in [2.05, 4.69) is 19.9 Å². The largest absolute Gasteiger partial charge is 0.507 e. The molecule has 2 rings (SSSR count). The Morgan fingerprint density at radius 1 is 1.15 bits per heavy atom. The second-order valence-corrected chi connectivity index (χ2v) is 6.47. The van der Waals surface area contributed by atoms with E-state index in [0.29, 0.717) is 0 Å². The fourth-order valence-corrected chi connectivity index (χ4v) is 2.51. The molecule has 6 heteroatoms. The van der Waals surface area contributed by atoms with Crippen LogP contribution >= 0.6 is 0 Å². The van der Waals surface area contributed by atoms with Crippen LogP contribution in [-0.2, 0) is 4.79 Å². The lowest BCUT2D eigenvalue weighted by Gasteiger charge is -2.12. The van der Waals surface area contributed by atoms with Crippen LogP contribution in [0.1, 0.15) is 40.5 Å². The van der Waals surface area contributed by atoms with Crippen molar-refractivity contribution in [2.45, 2.75) is 40.5 Å². The van der Waals surface area contributed by atoms with Crippen LogP contribution in [-0.4, -0.2) is 17.7 Å². The highest BCUT2D eigenvalue weighted by atomic mass is 16.6. The number of ether oxygens (including phenoxy) is 2. The summed E-state index contributed by atoms with van der Waals surface area (Å²) in [7, 11) is 0. The predicted molar refractivity (Wildman–Crippen MR) is 103 cm³/mol. The van der Waals surface area contributed by atoms with Gasteiger partial charge in [0.2, 0.25) is 0 Å². The van der Waals surface area contributed by atoms with Crippen LogP contribution in [0.4, 0.5) is 0 Å². The normalized spacial score (nSPS) is 11.3. The number of benzene rings is 1. The zero-order valence-electron chi connectivity index (χ0n) is 16.0. The summed E-state index contributed by atoms with van der Waals surface area (Å²) in [6.07, 6.45) is 5.86. The zero-order valence-corrected chi connectivity index (χ0v) is 16.0. The van der Waals surface area contributed by atoms with Crippen LogP contribution in [0.2, 0.25) is 0 Å².